The second-order valence-corrected chi connectivity index (χ2v) is 6.09. The van der Waals surface area contributed by atoms with Crippen LogP contribution in [0.15, 0.2) is 35.3 Å². The topological polar surface area (TPSA) is 112 Å². The van der Waals surface area contributed by atoms with Gasteiger partial charge in [0.25, 0.3) is 11.8 Å². The minimum absolute atomic E-state index is 0.0737. The van der Waals surface area contributed by atoms with Crippen LogP contribution in [0.2, 0.25) is 0 Å². The lowest BCUT2D eigenvalue weighted by molar-refractivity contribution is 0.0659. The Bertz CT molecular complexity index is 939. The summed E-state index contributed by atoms with van der Waals surface area (Å²) >= 11 is 0. The van der Waals surface area contributed by atoms with Crippen molar-refractivity contribution in [3.05, 3.63) is 63.3 Å². The Morgan fingerprint density at radius 2 is 1.89 bits per heavy atom. The molecule has 3 rings (SSSR count). The molecule has 0 bridgehead atoms. The fourth-order valence-corrected chi connectivity index (χ4v) is 2.91. The molecule has 0 unspecified atom stereocenters. The second kappa shape index (κ2) is 7.58. The van der Waals surface area contributed by atoms with Crippen LogP contribution in [0.25, 0.3) is 0 Å². The highest BCUT2D eigenvalue weighted by molar-refractivity contribution is 5.99. The van der Waals surface area contributed by atoms with E-state index in [-0.39, 0.29) is 44.0 Å². The molecule has 0 fully saturated rings. The molecule has 0 aliphatic carbocycles. The fraction of sp³-hybridized carbons (Fsp3) is 0.278. The Kier molecular flexibility index (Phi) is 5.22. The Hall–Kier alpha value is -3.20. The summed E-state index contributed by atoms with van der Waals surface area (Å²) in [6, 6.07) is 5.51. The average molecular weight is 375 g/mol. The molecular weight excluding hydrogens is 357 g/mol. The number of aliphatic hydroxyl groups is 1. The molecule has 3 N–H and O–H groups in total. The molecule has 2 heterocycles. The summed E-state index contributed by atoms with van der Waals surface area (Å²) in [5.41, 5.74) is -0.796. The maximum Gasteiger partial charge on any atom is 0.274 e. The number of benzene rings is 1. The van der Waals surface area contributed by atoms with Crippen molar-refractivity contribution in [2.75, 3.05) is 19.7 Å². The van der Waals surface area contributed by atoms with E-state index in [0.717, 1.165) is 0 Å². The van der Waals surface area contributed by atoms with Gasteiger partial charge in [-0.1, -0.05) is 12.1 Å². The number of carbonyl (C=O) groups is 2. The van der Waals surface area contributed by atoms with Gasteiger partial charge in [0.1, 0.15) is 11.4 Å². The zero-order valence-corrected chi connectivity index (χ0v) is 14.3. The van der Waals surface area contributed by atoms with Gasteiger partial charge in [0.2, 0.25) is 5.43 Å². The normalized spacial score (nSPS) is 13.4. The van der Waals surface area contributed by atoms with Crippen LogP contribution in [-0.2, 0) is 13.1 Å². The summed E-state index contributed by atoms with van der Waals surface area (Å²) in [5.74, 6) is -2.48. The largest absolute Gasteiger partial charge is 0.503 e. The molecule has 0 radical (unpaired) electrons. The van der Waals surface area contributed by atoms with Gasteiger partial charge in [0.05, 0.1) is 6.61 Å². The lowest BCUT2D eigenvalue weighted by atomic mass is 10.1. The third-order valence-corrected chi connectivity index (χ3v) is 4.34. The number of hydrogen-bond donors (Lipinski definition) is 3. The summed E-state index contributed by atoms with van der Waals surface area (Å²) in [4.78, 5) is 38.4. The van der Waals surface area contributed by atoms with Crippen molar-refractivity contribution in [3.8, 4) is 5.75 Å². The third kappa shape index (κ3) is 3.68. The number of pyridine rings is 1. The number of halogens is 1. The monoisotopic (exact) mass is 375 g/mol. The number of aromatic hydroxyl groups is 1. The maximum atomic E-state index is 12.9. The lowest BCUT2D eigenvalue weighted by Gasteiger charge is -2.29. The highest BCUT2D eigenvalue weighted by Crippen LogP contribution is 2.20. The van der Waals surface area contributed by atoms with Gasteiger partial charge in [-0.3, -0.25) is 14.4 Å². The number of β-amino-alcohol motifs (C(OH)–C–C–N with tert-alkyl or cyclic N) is 1. The molecule has 0 atom stereocenters. The molecule has 1 aliphatic rings. The Balaban J connectivity index is 1.84. The lowest BCUT2D eigenvalue weighted by Crippen LogP contribution is -2.43. The van der Waals surface area contributed by atoms with Crippen molar-refractivity contribution in [2.45, 2.75) is 13.1 Å². The molecule has 1 aromatic carbocycles. The van der Waals surface area contributed by atoms with Crippen molar-refractivity contribution >= 4 is 11.8 Å². The smallest absolute Gasteiger partial charge is 0.274 e. The quantitative estimate of drug-likeness (QED) is 0.685. The molecule has 142 valence electrons. The van der Waals surface area contributed by atoms with Gasteiger partial charge in [0.15, 0.2) is 11.4 Å². The molecule has 9 heteroatoms. The zero-order valence-electron chi connectivity index (χ0n) is 14.3. The molecule has 27 heavy (non-hydrogen) atoms. The van der Waals surface area contributed by atoms with E-state index >= 15 is 0 Å². The first-order valence-electron chi connectivity index (χ1n) is 8.31. The predicted molar refractivity (Wildman–Crippen MR) is 92.9 cm³/mol. The first-order chi connectivity index (χ1) is 12.9. The predicted octanol–water partition coefficient (Wildman–Crippen LogP) is 0.0711. The number of aliphatic hydroxyl groups excluding tert-OH is 1. The standard InChI is InChI=1S/C18H18FN3O5/c19-12-3-1-11(2-4-12)9-20-17(26)13-10-22-6-5-21(7-8-23)18(27)14(22)16(25)15(13)24/h1-4,10,23,25H,5-9H2,(H,20,26). The summed E-state index contributed by atoms with van der Waals surface area (Å²) in [7, 11) is 0. The highest BCUT2D eigenvalue weighted by Gasteiger charge is 2.30. The number of aromatic nitrogens is 1. The van der Waals surface area contributed by atoms with E-state index in [1.165, 1.54) is 39.9 Å². The van der Waals surface area contributed by atoms with Gasteiger partial charge < -0.3 is 25.0 Å². The van der Waals surface area contributed by atoms with E-state index in [2.05, 4.69) is 5.32 Å². The number of hydrogen-bond acceptors (Lipinski definition) is 5. The van der Waals surface area contributed by atoms with Crippen LogP contribution in [0.1, 0.15) is 26.4 Å². The molecule has 0 spiro atoms. The van der Waals surface area contributed by atoms with Crippen LogP contribution in [0, 0.1) is 5.82 Å². The third-order valence-electron chi connectivity index (χ3n) is 4.34. The molecule has 8 nitrogen and oxygen atoms in total. The summed E-state index contributed by atoms with van der Waals surface area (Å²) in [5, 5.41) is 21.7. The van der Waals surface area contributed by atoms with Crippen molar-refractivity contribution < 1.29 is 24.2 Å². The van der Waals surface area contributed by atoms with Crippen LogP contribution >= 0.6 is 0 Å². The van der Waals surface area contributed by atoms with E-state index in [4.69, 9.17) is 5.11 Å². The minimum atomic E-state index is -0.947. The molecule has 0 saturated carbocycles. The van der Waals surface area contributed by atoms with E-state index in [1.54, 1.807) is 0 Å². The molecule has 2 amide bonds. The maximum absolute atomic E-state index is 12.9. The van der Waals surface area contributed by atoms with Gasteiger partial charge in [-0.25, -0.2) is 4.39 Å². The first-order valence-corrected chi connectivity index (χ1v) is 8.31. The van der Waals surface area contributed by atoms with E-state index in [0.29, 0.717) is 5.56 Å². The number of fused-ring (bicyclic) bond motifs is 1. The molecular formula is C18H18FN3O5. The highest BCUT2D eigenvalue weighted by atomic mass is 19.1. The van der Waals surface area contributed by atoms with Gasteiger partial charge >= 0.3 is 0 Å². The van der Waals surface area contributed by atoms with Crippen molar-refractivity contribution in [1.29, 1.82) is 0 Å². The van der Waals surface area contributed by atoms with Crippen molar-refractivity contribution in [3.63, 3.8) is 0 Å². The fourth-order valence-electron chi connectivity index (χ4n) is 2.91. The van der Waals surface area contributed by atoms with Gasteiger partial charge in [-0.15, -0.1) is 0 Å². The van der Waals surface area contributed by atoms with E-state index in [1.807, 2.05) is 0 Å². The Labute approximate surface area is 153 Å². The molecule has 2 aromatic rings. The SMILES string of the molecule is O=C(NCc1ccc(F)cc1)c1cn2c(c(O)c1=O)C(=O)N(CCO)CC2. The van der Waals surface area contributed by atoms with Crippen LogP contribution in [0.4, 0.5) is 4.39 Å². The summed E-state index contributed by atoms with van der Waals surface area (Å²) < 4.78 is 14.3. The van der Waals surface area contributed by atoms with Crippen LogP contribution in [-0.4, -0.2) is 51.2 Å². The molecule has 1 aromatic heterocycles. The van der Waals surface area contributed by atoms with Gasteiger partial charge in [-0.2, -0.15) is 0 Å². The molecule has 0 saturated heterocycles. The van der Waals surface area contributed by atoms with E-state index in [9.17, 15) is 23.9 Å². The number of nitrogens with one attached hydrogen (secondary N) is 1. The number of carbonyl (C=O) groups excluding carboxylic acids is 2. The Morgan fingerprint density at radius 1 is 1.19 bits per heavy atom. The van der Waals surface area contributed by atoms with Crippen LogP contribution < -0.4 is 10.7 Å². The van der Waals surface area contributed by atoms with E-state index < -0.39 is 28.8 Å². The van der Waals surface area contributed by atoms with Crippen LogP contribution in [0.5, 0.6) is 5.75 Å². The zero-order chi connectivity index (χ0) is 19.6. The summed E-state index contributed by atoms with van der Waals surface area (Å²) in [6.45, 7) is 0.482. The minimum Gasteiger partial charge on any atom is -0.503 e. The number of rotatable bonds is 5. The Morgan fingerprint density at radius 3 is 2.56 bits per heavy atom. The number of nitrogens with zero attached hydrogens (tertiary/aromatic N) is 2. The first kappa shape index (κ1) is 18.6. The summed E-state index contributed by atoms with van der Waals surface area (Å²) in [6.07, 6.45) is 1.24. The van der Waals surface area contributed by atoms with Crippen LogP contribution in [0.3, 0.4) is 0 Å². The van der Waals surface area contributed by atoms with Gasteiger partial charge in [-0.05, 0) is 17.7 Å². The molecule has 1 aliphatic heterocycles. The van der Waals surface area contributed by atoms with Crippen molar-refractivity contribution in [2.24, 2.45) is 0 Å². The average Bonchev–Trinajstić information content (AvgIpc) is 2.66. The van der Waals surface area contributed by atoms with Crippen molar-refractivity contribution in [1.82, 2.24) is 14.8 Å². The van der Waals surface area contributed by atoms with Gasteiger partial charge in [0, 0.05) is 32.4 Å². The second-order valence-electron chi connectivity index (χ2n) is 6.09. The number of amides is 2.